The Kier molecular flexibility index (Phi) is 3.53. The summed E-state index contributed by atoms with van der Waals surface area (Å²) in [6.45, 7) is 6.35. The molecule has 0 saturated heterocycles. The van der Waals surface area contributed by atoms with E-state index in [2.05, 4.69) is 69.3 Å². The molecule has 0 heterocycles. The van der Waals surface area contributed by atoms with Gasteiger partial charge in [-0.25, -0.2) is 0 Å². The van der Waals surface area contributed by atoms with E-state index in [0.717, 1.165) is 6.42 Å². The van der Waals surface area contributed by atoms with Crippen molar-refractivity contribution in [2.24, 2.45) is 5.73 Å². The third kappa shape index (κ3) is 2.80. The van der Waals surface area contributed by atoms with Gasteiger partial charge in [0, 0.05) is 5.54 Å². The summed E-state index contributed by atoms with van der Waals surface area (Å²) in [5.74, 6) is 0. The monoisotopic (exact) mass is 239 g/mol. The Morgan fingerprint density at radius 3 is 2.39 bits per heavy atom. The molecule has 2 aromatic rings. The van der Waals surface area contributed by atoms with Crippen LogP contribution in [-0.2, 0) is 12.0 Å². The van der Waals surface area contributed by atoms with Crippen molar-refractivity contribution in [1.29, 1.82) is 0 Å². The molecular weight excluding hydrogens is 218 g/mol. The quantitative estimate of drug-likeness (QED) is 0.868. The van der Waals surface area contributed by atoms with E-state index in [-0.39, 0.29) is 5.54 Å². The second-order valence-electron chi connectivity index (χ2n) is 5.40. The third-order valence-corrected chi connectivity index (χ3v) is 3.41. The highest BCUT2D eigenvalue weighted by Crippen LogP contribution is 2.25. The number of aryl methyl sites for hydroxylation is 2. The highest BCUT2D eigenvalue weighted by Gasteiger charge is 2.23. The minimum Gasteiger partial charge on any atom is -0.321 e. The van der Waals surface area contributed by atoms with Crippen LogP contribution in [0.2, 0.25) is 0 Å². The summed E-state index contributed by atoms with van der Waals surface area (Å²) in [5, 5.41) is 0. The van der Waals surface area contributed by atoms with Crippen LogP contribution >= 0.6 is 0 Å². The lowest BCUT2D eigenvalue weighted by atomic mass is 9.84. The zero-order valence-electron chi connectivity index (χ0n) is 11.4. The van der Waals surface area contributed by atoms with Gasteiger partial charge in [0.25, 0.3) is 0 Å². The summed E-state index contributed by atoms with van der Waals surface area (Å²) < 4.78 is 0. The van der Waals surface area contributed by atoms with Crippen molar-refractivity contribution >= 4 is 0 Å². The zero-order chi connectivity index (χ0) is 13.2. The van der Waals surface area contributed by atoms with E-state index in [0.29, 0.717) is 0 Å². The van der Waals surface area contributed by atoms with Gasteiger partial charge in [-0.1, -0.05) is 54.1 Å². The van der Waals surface area contributed by atoms with E-state index in [4.69, 9.17) is 5.73 Å². The summed E-state index contributed by atoms with van der Waals surface area (Å²) >= 11 is 0. The molecule has 2 N–H and O–H groups in total. The molecule has 0 fully saturated rings. The van der Waals surface area contributed by atoms with Crippen molar-refractivity contribution in [3.05, 3.63) is 70.8 Å². The van der Waals surface area contributed by atoms with Crippen LogP contribution in [0.1, 0.15) is 29.2 Å². The molecule has 0 spiro atoms. The van der Waals surface area contributed by atoms with Crippen LogP contribution < -0.4 is 5.73 Å². The number of benzene rings is 2. The van der Waals surface area contributed by atoms with Crippen LogP contribution in [0.5, 0.6) is 0 Å². The zero-order valence-corrected chi connectivity index (χ0v) is 11.4. The van der Waals surface area contributed by atoms with Crippen LogP contribution in [0.4, 0.5) is 0 Å². The van der Waals surface area contributed by atoms with Gasteiger partial charge in [0.15, 0.2) is 0 Å². The molecule has 2 aromatic carbocycles. The highest BCUT2D eigenvalue weighted by molar-refractivity contribution is 5.34. The summed E-state index contributed by atoms with van der Waals surface area (Å²) in [6.07, 6.45) is 0.861. The van der Waals surface area contributed by atoms with E-state index in [1.165, 1.54) is 22.3 Å². The molecule has 0 saturated carbocycles. The largest absolute Gasteiger partial charge is 0.321 e. The number of rotatable bonds is 3. The molecule has 94 valence electrons. The van der Waals surface area contributed by atoms with E-state index in [1.54, 1.807) is 0 Å². The summed E-state index contributed by atoms with van der Waals surface area (Å²) in [7, 11) is 0. The number of nitrogens with two attached hydrogens (primary N) is 1. The minimum absolute atomic E-state index is 0.320. The van der Waals surface area contributed by atoms with Crippen molar-refractivity contribution in [3.63, 3.8) is 0 Å². The van der Waals surface area contributed by atoms with Crippen molar-refractivity contribution in [1.82, 2.24) is 0 Å². The Labute approximate surface area is 110 Å². The Morgan fingerprint density at radius 1 is 1.00 bits per heavy atom. The molecule has 0 aliphatic carbocycles. The highest BCUT2D eigenvalue weighted by atomic mass is 14.7. The summed E-state index contributed by atoms with van der Waals surface area (Å²) in [4.78, 5) is 0. The normalized spacial score (nSPS) is 14.2. The predicted molar refractivity (Wildman–Crippen MR) is 77.6 cm³/mol. The van der Waals surface area contributed by atoms with Crippen molar-refractivity contribution in [2.75, 3.05) is 0 Å². The van der Waals surface area contributed by atoms with Gasteiger partial charge in [-0.3, -0.25) is 0 Å². The molecule has 0 aliphatic rings. The van der Waals surface area contributed by atoms with Gasteiger partial charge in [0.05, 0.1) is 0 Å². The summed E-state index contributed by atoms with van der Waals surface area (Å²) in [6, 6.07) is 16.9. The third-order valence-electron chi connectivity index (χ3n) is 3.41. The maximum atomic E-state index is 6.52. The van der Waals surface area contributed by atoms with Gasteiger partial charge in [-0.2, -0.15) is 0 Å². The van der Waals surface area contributed by atoms with Crippen molar-refractivity contribution in [3.8, 4) is 0 Å². The second kappa shape index (κ2) is 4.95. The molecule has 0 amide bonds. The molecule has 1 nitrogen and oxygen atoms in total. The lowest BCUT2D eigenvalue weighted by Gasteiger charge is -2.27. The average molecular weight is 239 g/mol. The van der Waals surface area contributed by atoms with Gasteiger partial charge >= 0.3 is 0 Å². The van der Waals surface area contributed by atoms with Crippen LogP contribution in [0, 0.1) is 13.8 Å². The van der Waals surface area contributed by atoms with Gasteiger partial charge < -0.3 is 5.73 Å². The first-order chi connectivity index (χ1) is 8.49. The number of hydrogen-bond acceptors (Lipinski definition) is 1. The Balaban J connectivity index is 2.30. The van der Waals surface area contributed by atoms with Gasteiger partial charge in [0.2, 0.25) is 0 Å². The Hall–Kier alpha value is -1.60. The predicted octanol–water partition coefficient (Wildman–Crippen LogP) is 3.72. The minimum atomic E-state index is -0.320. The standard InChI is InChI=1S/C17H21N/c1-13-7-6-9-15(11-13)12-17(3,18)16-10-5-4-8-14(16)2/h4-11H,12,18H2,1-3H3. The lowest BCUT2D eigenvalue weighted by Crippen LogP contribution is -2.36. The van der Waals surface area contributed by atoms with Crippen molar-refractivity contribution < 1.29 is 0 Å². The topological polar surface area (TPSA) is 26.0 Å². The molecule has 0 aromatic heterocycles. The first-order valence-electron chi connectivity index (χ1n) is 6.39. The van der Waals surface area contributed by atoms with Crippen LogP contribution in [0.15, 0.2) is 48.5 Å². The SMILES string of the molecule is Cc1cccc(CC(C)(N)c2ccccc2C)c1. The molecular formula is C17H21N. The smallest absolute Gasteiger partial charge is 0.0424 e. The van der Waals surface area contributed by atoms with Gasteiger partial charge in [0.1, 0.15) is 0 Å². The molecule has 0 radical (unpaired) electrons. The summed E-state index contributed by atoms with van der Waals surface area (Å²) in [5.41, 5.74) is 11.3. The second-order valence-corrected chi connectivity index (χ2v) is 5.40. The van der Waals surface area contributed by atoms with Gasteiger partial charge in [-0.05, 0) is 43.9 Å². The van der Waals surface area contributed by atoms with Gasteiger partial charge in [-0.15, -0.1) is 0 Å². The van der Waals surface area contributed by atoms with Crippen molar-refractivity contribution in [2.45, 2.75) is 32.7 Å². The lowest BCUT2D eigenvalue weighted by molar-refractivity contribution is 0.488. The molecule has 1 unspecified atom stereocenters. The first-order valence-corrected chi connectivity index (χ1v) is 6.39. The van der Waals surface area contributed by atoms with E-state index in [9.17, 15) is 0 Å². The fourth-order valence-corrected chi connectivity index (χ4v) is 2.56. The molecule has 1 atom stereocenters. The first kappa shape index (κ1) is 12.8. The molecule has 0 aliphatic heterocycles. The molecule has 1 heteroatoms. The maximum absolute atomic E-state index is 6.52. The Bertz CT molecular complexity index is 541. The molecule has 2 rings (SSSR count). The van der Waals surface area contributed by atoms with Crippen LogP contribution in [0.25, 0.3) is 0 Å². The average Bonchev–Trinajstić information content (AvgIpc) is 2.28. The molecule has 18 heavy (non-hydrogen) atoms. The van der Waals surface area contributed by atoms with E-state index >= 15 is 0 Å². The van der Waals surface area contributed by atoms with E-state index in [1.807, 2.05) is 0 Å². The maximum Gasteiger partial charge on any atom is 0.0424 e. The number of hydrogen-bond donors (Lipinski definition) is 1. The fraction of sp³-hybridized carbons (Fsp3) is 0.294. The molecule has 0 bridgehead atoms. The Morgan fingerprint density at radius 2 is 1.72 bits per heavy atom. The van der Waals surface area contributed by atoms with Crippen LogP contribution in [-0.4, -0.2) is 0 Å². The van der Waals surface area contributed by atoms with Crippen LogP contribution in [0.3, 0.4) is 0 Å². The van der Waals surface area contributed by atoms with E-state index < -0.39 is 0 Å². The fourth-order valence-electron chi connectivity index (χ4n) is 2.56.